The van der Waals surface area contributed by atoms with Crippen molar-refractivity contribution in [1.82, 2.24) is 0 Å². The summed E-state index contributed by atoms with van der Waals surface area (Å²) in [6.07, 6.45) is 0.466. The Labute approximate surface area is 88.0 Å². The first kappa shape index (κ1) is 11.5. The molecule has 0 aliphatic carbocycles. The van der Waals surface area contributed by atoms with Gasteiger partial charge in [0.1, 0.15) is 0 Å². The molecule has 15 heavy (non-hydrogen) atoms. The summed E-state index contributed by atoms with van der Waals surface area (Å²) in [6.45, 7) is 1.81. The van der Waals surface area contributed by atoms with Crippen molar-refractivity contribution in [3.05, 3.63) is 33.9 Å². The monoisotopic (exact) mass is 210 g/mol. The molecule has 0 bridgehead atoms. The minimum atomic E-state index is -0.434. The van der Waals surface area contributed by atoms with Crippen LogP contribution >= 0.6 is 0 Å². The van der Waals surface area contributed by atoms with Crippen LogP contribution in [0.15, 0.2) is 18.2 Å². The molecular weight excluding hydrogens is 196 g/mol. The second kappa shape index (κ2) is 4.75. The van der Waals surface area contributed by atoms with Gasteiger partial charge in [0, 0.05) is 11.6 Å². The molecule has 0 unspecified atom stereocenters. The molecule has 1 aromatic carbocycles. The molecule has 1 rings (SSSR count). The highest BCUT2D eigenvalue weighted by molar-refractivity contribution is 5.52. The second-order valence-electron chi connectivity index (χ2n) is 3.41. The first-order valence-corrected chi connectivity index (χ1v) is 4.62. The van der Waals surface area contributed by atoms with Crippen LogP contribution in [0.1, 0.15) is 12.5 Å². The lowest BCUT2D eigenvalue weighted by Gasteiger charge is -2.08. The van der Waals surface area contributed by atoms with Crippen molar-refractivity contribution in [1.29, 1.82) is 0 Å². The van der Waals surface area contributed by atoms with Gasteiger partial charge in [0.25, 0.3) is 0 Å². The quantitative estimate of drug-likeness (QED) is 0.603. The Kier molecular flexibility index (Phi) is 3.62. The molecule has 2 N–H and O–H groups in total. The largest absolute Gasteiger partial charge is 0.490 e. The fraction of sp³-hybridized carbons (Fsp3) is 0.400. The molecular formula is C10H14N2O3. The van der Waals surface area contributed by atoms with Gasteiger partial charge in [0.15, 0.2) is 5.75 Å². The summed E-state index contributed by atoms with van der Waals surface area (Å²) in [5, 5.41) is 10.9. The second-order valence-corrected chi connectivity index (χ2v) is 3.41. The van der Waals surface area contributed by atoms with Crippen LogP contribution in [0.5, 0.6) is 5.75 Å². The standard InChI is InChI=1S/C10H14N2O3/c1-7(11)6-8-4-3-5-9(15-2)10(8)12(13)14/h3-5,7H,6,11H2,1-2H3/t7-/m1/s1. The molecule has 0 spiro atoms. The summed E-state index contributed by atoms with van der Waals surface area (Å²) >= 11 is 0. The Morgan fingerprint density at radius 2 is 2.27 bits per heavy atom. The molecule has 0 aliphatic heterocycles. The SMILES string of the molecule is COc1cccc(C[C@@H](C)N)c1[N+](=O)[O-]. The van der Waals surface area contributed by atoms with Crippen molar-refractivity contribution in [3.8, 4) is 5.75 Å². The van der Waals surface area contributed by atoms with Crippen molar-refractivity contribution < 1.29 is 9.66 Å². The van der Waals surface area contributed by atoms with E-state index in [1.807, 2.05) is 6.92 Å². The highest BCUT2D eigenvalue weighted by atomic mass is 16.6. The maximum absolute atomic E-state index is 10.9. The van der Waals surface area contributed by atoms with Gasteiger partial charge in [-0.1, -0.05) is 12.1 Å². The number of nitrogens with two attached hydrogens (primary N) is 1. The molecule has 0 aromatic heterocycles. The van der Waals surface area contributed by atoms with Gasteiger partial charge in [-0.05, 0) is 19.4 Å². The number of hydrogen-bond acceptors (Lipinski definition) is 4. The third kappa shape index (κ3) is 2.66. The van der Waals surface area contributed by atoms with E-state index in [2.05, 4.69) is 0 Å². The number of methoxy groups -OCH3 is 1. The van der Waals surface area contributed by atoms with Gasteiger partial charge in [-0.3, -0.25) is 10.1 Å². The van der Waals surface area contributed by atoms with E-state index in [-0.39, 0.29) is 17.5 Å². The number of hydrogen-bond donors (Lipinski definition) is 1. The van der Waals surface area contributed by atoms with E-state index in [1.54, 1.807) is 18.2 Å². The molecule has 0 aliphatic rings. The van der Waals surface area contributed by atoms with Crippen LogP contribution in [0.25, 0.3) is 0 Å². The van der Waals surface area contributed by atoms with Gasteiger partial charge in [0.2, 0.25) is 0 Å². The van der Waals surface area contributed by atoms with Crippen molar-refractivity contribution in [2.45, 2.75) is 19.4 Å². The number of rotatable bonds is 4. The fourth-order valence-corrected chi connectivity index (χ4v) is 1.45. The molecule has 0 radical (unpaired) electrons. The Morgan fingerprint density at radius 3 is 2.73 bits per heavy atom. The van der Waals surface area contributed by atoms with Crippen molar-refractivity contribution in [2.24, 2.45) is 5.73 Å². The first-order chi connectivity index (χ1) is 7.06. The zero-order valence-corrected chi connectivity index (χ0v) is 8.77. The van der Waals surface area contributed by atoms with Crippen LogP contribution in [0.4, 0.5) is 5.69 Å². The summed E-state index contributed by atoms with van der Waals surface area (Å²) in [5.41, 5.74) is 6.24. The van der Waals surface area contributed by atoms with E-state index in [9.17, 15) is 10.1 Å². The molecule has 5 heteroatoms. The summed E-state index contributed by atoms with van der Waals surface area (Å²) < 4.78 is 4.95. The van der Waals surface area contributed by atoms with Crippen LogP contribution in [0.3, 0.4) is 0 Å². The molecule has 0 fully saturated rings. The molecule has 82 valence electrons. The fourth-order valence-electron chi connectivity index (χ4n) is 1.45. The maximum Gasteiger partial charge on any atom is 0.314 e. The Morgan fingerprint density at radius 1 is 1.60 bits per heavy atom. The van der Waals surface area contributed by atoms with Crippen LogP contribution in [-0.2, 0) is 6.42 Å². The van der Waals surface area contributed by atoms with E-state index in [0.29, 0.717) is 12.0 Å². The van der Waals surface area contributed by atoms with E-state index < -0.39 is 4.92 Å². The van der Waals surface area contributed by atoms with Crippen molar-refractivity contribution >= 4 is 5.69 Å². The topological polar surface area (TPSA) is 78.4 Å². The Hall–Kier alpha value is -1.62. The zero-order valence-electron chi connectivity index (χ0n) is 8.77. The summed E-state index contributed by atoms with van der Waals surface area (Å²) in [5.74, 6) is 0.276. The molecule has 0 amide bonds. The van der Waals surface area contributed by atoms with Crippen LogP contribution in [0.2, 0.25) is 0 Å². The van der Waals surface area contributed by atoms with Gasteiger partial charge in [-0.2, -0.15) is 0 Å². The van der Waals surface area contributed by atoms with E-state index in [4.69, 9.17) is 10.5 Å². The average molecular weight is 210 g/mol. The average Bonchev–Trinajstić information content (AvgIpc) is 2.15. The first-order valence-electron chi connectivity index (χ1n) is 4.62. The lowest BCUT2D eigenvalue weighted by Crippen LogP contribution is -2.18. The zero-order chi connectivity index (χ0) is 11.4. The van der Waals surface area contributed by atoms with Crippen molar-refractivity contribution in [2.75, 3.05) is 7.11 Å². The van der Waals surface area contributed by atoms with Gasteiger partial charge in [-0.15, -0.1) is 0 Å². The van der Waals surface area contributed by atoms with E-state index in [0.717, 1.165) is 0 Å². The number of ether oxygens (including phenoxy) is 1. The number of nitrogens with zero attached hydrogens (tertiary/aromatic N) is 1. The van der Waals surface area contributed by atoms with Crippen molar-refractivity contribution in [3.63, 3.8) is 0 Å². The molecule has 0 heterocycles. The molecule has 0 saturated heterocycles. The van der Waals surface area contributed by atoms with E-state index in [1.165, 1.54) is 7.11 Å². The third-order valence-corrected chi connectivity index (χ3v) is 2.03. The van der Waals surface area contributed by atoms with Gasteiger partial charge in [-0.25, -0.2) is 0 Å². The van der Waals surface area contributed by atoms with Gasteiger partial charge >= 0.3 is 5.69 Å². The summed E-state index contributed by atoms with van der Waals surface area (Å²) in [6, 6.07) is 4.88. The normalized spacial score (nSPS) is 12.2. The summed E-state index contributed by atoms with van der Waals surface area (Å²) in [7, 11) is 1.41. The van der Waals surface area contributed by atoms with Gasteiger partial charge < -0.3 is 10.5 Å². The predicted molar refractivity (Wildman–Crippen MR) is 57.0 cm³/mol. The van der Waals surface area contributed by atoms with Crippen LogP contribution < -0.4 is 10.5 Å². The lowest BCUT2D eigenvalue weighted by atomic mass is 10.1. The number of benzene rings is 1. The molecule has 5 nitrogen and oxygen atoms in total. The number of nitro benzene ring substituents is 1. The molecule has 0 saturated carbocycles. The number of para-hydroxylation sites is 1. The lowest BCUT2D eigenvalue weighted by molar-refractivity contribution is -0.386. The van der Waals surface area contributed by atoms with E-state index >= 15 is 0 Å². The summed E-state index contributed by atoms with van der Waals surface area (Å²) in [4.78, 5) is 10.4. The van der Waals surface area contributed by atoms with Gasteiger partial charge in [0.05, 0.1) is 12.0 Å². The van der Waals surface area contributed by atoms with Crippen LogP contribution in [0, 0.1) is 10.1 Å². The highest BCUT2D eigenvalue weighted by Crippen LogP contribution is 2.30. The predicted octanol–water partition coefficient (Wildman–Crippen LogP) is 1.49. The minimum absolute atomic E-state index is 0.0114. The smallest absolute Gasteiger partial charge is 0.314 e. The maximum atomic E-state index is 10.9. The highest BCUT2D eigenvalue weighted by Gasteiger charge is 2.20. The minimum Gasteiger partial charge on any atom is -0.490 e. The molecule has 1 atom stereocenters. The molecule has 1 aromatic rings. The third-order valence-electron chi connectivity index (χ3n) is 2.03. The number of nitro groups is 1. The Bertz CT molecular complexity index is 364. The van der Waals surface area contributed by atoms with Crippen LogP contribution in [-0.4, -0.2) is 18.1 Å². The Balaban J connectivity index is 3.19.